The summed E-state index contributed by atoms with van der Waals surface area (Å²) in [4.78, 5) is 27.4. The van der Waals surface area contributed by atoms with Gasteiger partial charge in [-0.05, 0) is 49.4 Å². The molecule has 0 saturated carbocycles. The third kappa shape index (κ3) is 3.49. The van der Waals surface area contributed by atoms with Crippen molar-refractivity contribution < 1.29 is 33.0 Å². The predicted molar refractivity (Wildman–Crippen MR) is 114 cm³/mol. The van der Waals surface area contributed by atoms with Gasteiger partial charge in [0.05, 0.1) is 25.4 Å². The number of aliphatic hydroxyl groups is 1. The molecule has 2 aromatic carbocycles. The molecule has 7 nitrogen and oxygen atoms in total. The number of hydrogen-bond acceptors (Lipinski definition) is 6. The van der Waals surface area contributed by atoms with Crippen molar-refractivity contribution >= 4 is 23.1 Å². The predicted octanol–water partition coefficient (Wildman–Crippen LogP) is 4.37. The first-order chi connectivity index (χ1) is 15.3. The molecule has 0 radical (unpaired) electrons. The lowest BCUT2D eigenvalue weighted by Gasteiger charge is -2.24. The smallest absolute Gasteiger partial charge is 0.300 e. The Hall–Kier alpha value is -4.07. The summed E-state index contributed by atoms with van der Waals surface area (Å²) in [5, 5.41) is 11.1. The van der Waals surface area contributed by atoms with E-state index >= 15 is 0 Å². The van der Waals surface area contributed by atoms with Gasteiger partial charge in [0, 0.05) is 11.8 Å². The standard InChI is InChI=1S/C24H20FNO6/c1-13-7-9-19(32-13)21-20(22(27)17-11-14(25)8-10-18(17)31-3)23(28)24(29)26(21)15-5-4-6-16(12-15)30-2/h4-12,21,27H,1-3H3/b22-20-. The topological polar surface area (TPSA) is 89.2 Å². The van der Waals surface area contributed by atoms with E-state index in [1.165, 1.54) is 25.2 Å². The first kappa shape index (κ1) is 21.2. The second-order valence-electron chi connectivity index (χ2n) is 7.16. The summed E-state index contributed by atoms with van der Waals surface area (Å²) in [5.41, 5.74) is 0.0799. The maximum absolute atomic E-state index is 14.0. The number of ether oxygens (including phenoxy) is 2. The van der Waals surface area contributed by atoms with Crippen LogP contribution in [0.4, 0.5) is 10.1 Å². The fourth-order valence-corrected chi connectivity index (χ4v) is 3.74. The number of ketones is 1. The van der Waals surface area contributed by atoms with Crippen LogP contribution in [-0.4, -0.2) is 31.0 Å². The zero-order valence-electron chi connectivity index (χ0n) is 17.6. The highest BCUT2D eigenvalue weighted by Crippen LogP contribution is 2.44. The zero-order valence-corrected chi connectivity index (χ0v) is 17.6. The molecule has 32 heavy (non-hydrogen) atoms. The number of Topliss-reactive ketones (excluding diaryl/α,β-unsaturated/α-hetero) is 1. The molecule has 1 aliphatic heterocycles. The molecule has 0 spiro atoms. The lowest BCUT2D eigenvalue weighted by molar-refractivity contribution is -0.132. The van der Waals surface area contributed by atoms with Crippen LogP contribution in [0.15, 0.2) is 64.6 Å². The number of nitrogens with zero attached hydrogens (tertiary/aromatic N) is 1. The minimum atomic E-state index is -1.08. The minimum Gasteiger partial charge on any atom is -0.507 e. The van der Waals surface area contributed by atoms with Gasteiger partial charge in [0.15, 0.2) is 0 Å². The molecule has 1 N–H and O–H groups in total. The number of carbonyl (C=O) groups excluding carboxylic acids is 2. The van der Waals surface area contributed by atoms with Crippen LogP contribution in [0, 0.1) is 12.7 Å². The van der Waals surface area contributed by atoms with Crippen molar-refractivity contribution in [1.82, 2.24) is 0 Å². The lowest BCUT2D eigenvalue weighted by atomic mass is 9.98. The highest BCUT2D eigenvalue weighted by Gasteiger charge is 2.48. The number of aliphatic hydroxyl groups excluding tert-OH is 1. The minimum absolute atomic E-state index is 0.0515. The van der Waals surface area contributed by atoms with Gasteiger partial charge in [-0.25, -0.2) is 4.39 Å². The molecule has 1 unspecified atom stereocenters. The van der Waals surface area contributed by atoms with Crippen molar-refractivity contribution in [2.75, 3.05) is 19.1 Å². The van der Waals surface area contributed by atoms with Gasteiger partial charge in [-0.1, -0.05) is 6.07 Å². The number of rotatable bonds is 5. The van der Waals surface area contributed by atoms with Crippen molar-refractivity contribution in [2.45, 2.75) is 13.0 Å². The zero-order chi connectivity index (χ0) is 23.0. The summed E-state index contributed by atoms with van der Waals surface area (Å²) < 4.78 is 30.2. The van der Waals surface area contributed by atoms with Crippen LogP contribution >= 0.6 is 0 Å². The fourth-order valence-electron chi connectivity index (χ4n) is 3.74. The number of carbonyl (C=O) groups is 2. The summed E-state index contributed by atoms with van der Waals surface area (Å²) >= 11 is 0. The van der Waals surface area contributed by atoms with Gasteiger partial charge < -0.3 is 19.0 Å². The summed E-state index contributed by atoms with van der Waals surface area (Å²) in [5.74, 6) is -1.56. The fraction of sp³-hybridized carbons (Fsp3) is 0.167. The van der Waals surface area contributed by atoms with E-state index in [-0.39, 0.29) is 22.6 Å². The van der Waals surface area contributed by atoms with Crippen molar-refractivity contribution in [1.29, 1.82) is 0 Å². The Morgan fingerprint density at radius 3 is 2.50 bits per heavy atom. The Labute approximate surface area is 183 Å². The van der Waals surface area contributed by atoms with Crippen LogP contribution in [-0.2, 0) is 9.59 Å². The average Bonchev–Trinajstić information content (AvgIpc) is 3.34. The third-order valence-corrected chi connectivity index (χ3v) is 5.22. The molecule has 1 aliphatic rings. The molecule has 1 fully saturated rings. The highest BCUT2D eigenvalue weighted by atomic mass is 19.1. The van der Waals surface area contributed by atoms with E-state index in [9.17, 15) is 19.1 Å². The molecular formula is C24H20FNO6. The van der Waals surface area contributed by atoms with E-state index in [1.54, 1.807) is 43.3 Å². The number of halogens is 1. The quantitative estimate of drug-likeness (QED) is 0.362. The Morgan fingerprint density at radius 1 is 1.06 bits per heavy atom. The molecular weight excluding hydrogens is 417 g/mol. The summed E-state index contributed by atoms with van der Waals surface area (Å²) in [6.07, 6.45) is 0. The lowest BCUT2D eigenvalue weighted by Crippen LogP contribution is -2.29. The molecule has 0 aliphatic carbocycles. The molecule has 8 heteroatoms. The van der Waals surface area contributed by atoms with E-state index < -0.39 is 29.3 Å². The van der Waals surface area contributed by atoms with Crippen LogP contribution in [0.2, 0.25) is 0 Å². The first-order valence-corrected chi connectivity index (χ1v) is 9.71. The molecule has 1 amide bonds. The van der Waals surface area contributed by atoms with Crippen molar-refractivity contribution in [3.05, 3.63) is 83.1 Å². The van der Waals surface area contributed by atoms with Crippen molar-refractivity contribution in [2.24, 2.45) is 0 Å². The van der Waals surface area contributed by atoms with E-state index in [0.29, 0.717) is 17.2 Å². The Kier molecular flexibility index (Phi) is 5.44. The van der Waals surface area contributed by atoms with Crippen molar-refractivity contribution in [3.63, 3.8) is 0 Å². The molecule has 164 valence electrons. The summed E-state index contributed by atoms with van der Waals surface area (Å²) in [7, 11) is 2.84. The maximum atomic E-state index is 14.0. The van der Waals surface area contributed by atoms with Gasteiger partial charge in [-0.3, -0.25) is 14.5 Å². The van der Waals surface area contributed by atoms with E-state index in [1.807, 2.05) is 0 Å². The molecule has 0 bridgehead atoms. The average molecular weight is 437 g/mol. The van der Waals surface area contributed by atoms with E-state index in [4.69, 9.17) is 13.9 Å². The second-order valence-corrected chi connectivity index (χ2v) is 7.16. The third-order valence-electron chi connectivity index (χ3n) is 5.22. The Morgan fingerprint density at radius 2 is 1.84 bits per heavy atom. The van der Waals surface area contributed by atoms with Crippen LogP contribution < -0.4 is 14.4 Å². The van der Waals surface area contributed by atoms with Gasteiger partial charge in [0.25, 0.3) is 11.7 Å². The second kappa shape index (κ2) is 8.22. The Balaban J connectivity index is 1.97. The first-order valence-electron chi connectivity index (χ1n) is 9.71. The van der Waals surface area contributed by atoms with Crippen LogP contribution in [0.1, 0.15) is 23.1 Å². The van der Waals surface area contributed by atoms with Gasteiger partial charge in [-0.2, -0.15) is 0 Å². The number of hydrogen-bond donors (Lipinski definition) is 1. The maximum Gasteiger partial charge on any atom is 0.300 e. The number of aryl methyl sites for hydroxylation is 1. The number of benzene rings is 2. The number of furan rings is 1. The number of amides is 1. The van der Waals surface area contributed by atoms with Crippen molar-refractivity contribution in [3.8, 4) is 11.5 Å². The molecule has 1 atom stereocenters. The monoisotopic (exact) mass is 437 g/mol. The summed E-state index contributed by atoms with van der Waals surface area (Å²) in [6, 6.07) is 12.4. The van der Waals surface area contributed by atoms with Crippen LogP contribution in [0.3, 0.4) is 0 Å². The van der Waals surface area contributed by atoms with Crippen LogP contribution in [0.25, 0.3) is 5.76 Å². The van der Waals surface area contributed by atoms with E-state index in [0.717, 1.165) is 12.1 Å². The SMILES string of the molecule is COc1cccc(N2C(=O)C(=O)/C(=C(\O)c3cc(F)ccc3OC)C2c2ccc(C)o2)c1. The number of methoxy groups -OCH3 is 2. The van der Waals surface area contributed by atoms with Gasteiger partial charge in [0.1, 0.15) is 40.6 Å². The Bertz CT molecular complexity index is 1240. The summed E-state index contributed by atoms with van der Waals surface area (Å²) in [6.45, 7) is 1.72. The van der Waals surface area contributed by atoms with Gasteiger partial charge in [0.2, 0.25) is 0 Å². The number of anilines is 1. The van der Waals surface area contributed by atoms with E-state index in [2.05, 4.69) is 0 Å². The molecule has 2 heterocycles. The molecule has 4 rings (SSSR count). The largest absolute Gasteiger partial charge is 0.507 e. The highest BCUT2D eigenvalue weighted by molar-refractivity contribution is 6.51. The molecule has 3 aromatic rings. The molecule has 1 aromatic heterocycles. The normalized spacial score (nSPS) is 17.6. The van der Waals surface area contributed by atoms with Gasteiger partial charge >= 0.3 is 0 Å². The molecule has 1 saturated heterocycles. The van der Waals surface area contributed by atoms with Gasteiger partial charge in [-0.15, -0.1) is 0 Å². The van der Waals surface area contributed by atoms with Crippen LogP contribution in [0.5, 0.6) is 11.5 Å².